The minimum absolute atomic E-state index is 0.123. The van der Waals surface area contributed by atoms with Crippen LogP contribution in [0, 0.1) is 12.7 Å². The van der Waals surface area contributed by atoms with Gasteiger partial charge in [0.25, 0.3) is 0 Å². The van der Waals surface area contributed by atoms with Crippen molar-refractivity contribution < 1.29 is 4.39 Å². The molecule has 0 amide bonds. The van der Waals surface area contributed by atoms with Crippen molar-refractivity contribution in [2.45, 2.75) is 26.2 Å². The van der Waals surface area contributed by atoms with Gasteiger partial charge in [0.05, 0.1) is 10.9 Å². The molecule has 1 aromatic carbocycles. The van der Waals surface area contributed by atoms with Crippen molar-refractivity contribution in [3.8, 4) is 0 Å². The van der Waals surface area contributed by atoms with Crippen LogP contribution in [0.4, 0.5) is 4.39 Å². The minimum Gasteiger partial charge on any atom is -0.358 e. The van der Waals surface area contributed by atoms with Gasteiger partial charge in [-0.1, -0.05) is 6.07 Å². The van der Waals surface area contributed by atoms with Crippen LogP contribution in [0.25, 0.3) is 10.9 Å². The molecule has 0 unspecified atom stereocenters. The molecular weight excluding hydrogens is 205 g/mol. The average Bonchev–Trinajstić information content (AvgIpc) is 2.72. The predicted octanol–water partition coefficient (Wildman–Crippen LogP) is 2.46. The van der Waals surface area contributed by atoms with Crippen LogP contribution in [0.15, 0.2) is 16.9 Å². The van der Waals surface area contributed by atoms with E-state index in [-0.39, 0.29) is 10.8 Å². The maximum absolute atomic E-state index is 13.7. The number of pyridine rings is 1. The number of H-pyrrole nitrogens is 1. The van der Waals surface area contributed by atoms with Crippen LogP contribution in [0.2, 0.25) is 0 Å². The van der Waals surface area contributed by atoms with E-state index in [1.165, 1.54) is 6.07 Å². The molecule has 1 aliphatic rings. The molecule has 3 heteroatoms. The quantitative estimate of drug-likeness (QED) is 0.722. The summed E-state index contributed by atoms with van der Waals surface area (Å²) in [6.07, 6.45) is 2.66. The van der Waals surface area contributed by atoms with E-state index >= 15 is 0 Å². The maximum Gasteiger partial charge on any atom is 0.195 e. The summed E-state index contributed by atoms with van der Waals surface area (Å²) in [5.74, 6) is -0.420. The van der Waals surface area contributed by atoms with Gasteiger partial charge in [-0.25, -0.2) is 4.39 Å². The summed E-state index contributed by atoms with van der Waals surface area (Å²) in [5, 5.41) is 0.223. The first-order chi connectivity index (χ1) is 7.68. The van der Waals surface area contributed by atoms with Crippen LogP contribution in [-0.4, -0.2) is 4.98 Å². The lowest BCUT2D eigenvalue weighted by molar-refractivity contribution is 0.638. The Labute approximate surface area is 92.1 Å². The molecule has 16 heavy (non-hydrogen) atoms. The number of rotatable bonds is 0. The summed E-state index contributed by atoms with van der Waals surface area (Å²) >= 11 is 0. The van der Waals surface area contributed by atoms with Crippen molar-refractivity contribution >= 4 is 10.9 Å². The summed E-state index contributed by atoms with van der Waals surface area (Å²) in [4.78, 5) is 15.4. The highest BCUT2D eigenvalue weighted by Gasteiger charge is 2.19. The van der Waals surface area contributed by atoms with Crippen molar-refractivity contribution in [2.75, 3.05) is 0 Å². The summed E-state index contributed by atoms with van der Waals surface area (Å²) in [5.41, 5.74) is 3.22. The first kappa shape index (κ1) is 9.58. The Hall–Kier alpha value is -1.64. The molecule has 1 aromatic heterocycles. The Morgan fingerprint density at radius 1 is 1.31 bits per heavy atom. The second-order valence-electron chi connectivity index (χ2n) is 4.38. The fourth-order valence-electron chi connectivity index (χ4n) is 2.50. The SMILES string of the molecule is Cc1ccc(F)c2c(=O)c3c([nH]c12)CCC3. The van der Waals surface area contributed by atoms with E-state index in [0.29, 0.717) is 5.52 Å². The summed E-state index contributed by atoms with van der Waals surface area (Å²) < 4.78 is 13.7. The van der Waals surface area contributed by atoms with Crippen LogP contribution >= 0.6 is 0 Å². The third kappa shape index (κ3) is 1.14. The first-order valence-corrected chi connectivity index (χ1v) is 5.51. The molecule has 0 saturated carbocycles. The van der Waals surface area contributed by atoms with E-state index < -0.39 is 5.82 Å². The summed E-state index contributed by atoms with van der Waals surface area (Å²) in [6.45, 7) is 1.89. The molecular formula is C13H12FNO. The van der Waals surface area contributed by atoms with E-state index in [4.69, 9.17) is 0 Å². The molecule has 3 rings (SSSR count). The van der Waals surface area contributed by atoms with Gasteiger partial charge in [-0.3, -0.25) is 4.79 Å². The number of hydrogen-bond acceptors (Lipinski definition) is 1. The fraction of sp³-hybridized carbons (Fsp3) is 0.308. The lowest BCUT2D eigenvalue weighted by atomic mass is 10.1. The van der Waals surface area contributed by atoms with Gasteiger partial charge in [0.2, 0.25) is 0 Å². The number of nitrogens with one attached hydrogen (secondary N) is 1. The average molecular weight is 217 g/mol. The van der Waals surface area contributed by atoms with Crippen LogP contribution in [0.3, 0.4) is 0 Å². The fourth-order valence-corrected chi connectivity index (χ4v) is 2.50. The Kier molecular flexibility index (Phi) is 1.90. The largest absolute Gasteiger partial charge is 0.358 e. The van der Waals surface area contributed by atoms with Gasteiger partial charge in [-0.15, -0.1) is 0 Å². The topological polar surface area (TPSA) is 32.9 Å². The van der Waals surface area contributed by atoms with Gasteiger partial charge in [0, 0.05) is 11.3 Å². The Bertz CT molecular complexity index is 642. The monoisotopic (exact) mass is 217 g/mol. The van der Waals surface area contributed by atoms with Gasteiger partial charge < -0.3 is 4.98 Å². The van der Waals surface area contributed by atoms with Crippen LogP contribution in [0.1, 0.15) is 23.2 Å². The van der Waals surface area contributed by atoms with Crippen molar-refractivity contribution in [1.29, 1.82) is 0 Å². The van der Waals surface area contributed by atoms with E-state index in [1.807, 2.05) is 6.92 Å². The van der Waals surface area contributed by atoms with Crippen molar-refractivity contribution in [1.82, 2.24) is 4.98 Å². The van der Waals surface area contributed by atoms with Crippen molar-refractivity contribution in [3.63, 3.8) is 0 Å². The third-order valence-corrected chi connectivity index (χ3v) is 3.36. The highest BCUT2D eigenvalue weighted by Crippen LogP contribution is 2.23. The number of hydrogen-bond donors (Lipinski definition) is 1. The molecule has 0 spiro atoms. The molecule has 2 nitrogen and oxygen atoms in total. The Balaban J connectivity index is 2.56. The number of fused-ring (bicyclic) bond motifs is 2. The first-order valence-electron chi connectivity index (χ1n) is 5.51. The van der Waals surface area contributed by atoms with Gasteiger partial charge >= 0.3 is 0 Å². The predicted molar refractivity (Wildman–Crippen MR) is 61.3 cm³/mol. The van der Waals surface area contributed by atoms with E-state index in [1.54, 1.807) is 6.07 Å². The molecule has 82 valence electrons. The lowest BCUT2D eigenvalue weighted by Crippen LogP contribution is -2.12. The maximum atomic E-state index is 13.7. The van der Waals surface area contributed by atoms with Crippen molar-refractivity contribution in [2.24, 2.45) is 0 Å². The normalized spacial score (nSPS) is 14.4. The highest BCUT2D eigenvalue weighted by molar-refractivity contribution is 5.83. The van der Waals surface area contributed by atoms with Crippen LogP contribution in [-0.2, 0) is 12.8 Å². The summed E-state index contributed by atoms with van der Waals surface area (Å²) in [7, 11) is 0. The number of aromatic nitrogens is 1. The van der Waals surface area contributed by atoms with Gasteiger partial charge in [-0.05, 0) is 37.8 Å². The molecule has 1 aliphatic carbocycles. The zero-order valence-corrected chi connectivity index (χ0v) is 9.06. The summed E-state index contributed by atoms with van der Waals surface area (Å²) in [6, 6.07) is 3.07. The number of halogens is 1. The third-order valence-electron chi connectivity index (χ3n) is 3.36. The van der Waals surface area contributed by atoms with Crippen LogP contribution in [0.5, 0.6) is 0 Å². The van der Waals surface area contributed by atoms with Crippen LogP contribution < -0.4 is 5.43 Å². The molecule has 0 aliphatic heterocycles. The molecule has 0 atom stereocenters. The zero-order chi connectivity index (χ0) is 11.3. The molecule has 0 radical (unpaired) electrons. The van der Waals surface area contributed by atoms with E-state index in [9.17, 15) is 9.18 Å². The Morgan fingerprint density at radius 2 is 2.12 bits per heavy atom. The molecule has 0 fully saturated rings. The second kappa shape index (κ2) is 3.17. The molecule has 0 bridgehead atoms. The lowest BCUT2D eigenvalue weighted by Gasteiger charge is -2.06. The van der Waals surface area contributed by atoms with E-state index in [2.05, 4.69) is 4.98 Å². The number of aromatic amines is 1. The molecule has 0 saturated heterocycles. The standard InChI is InChI=1S/C13H12FNO/c1-7-5-6-9(14)11-12(7)15-10-4-2-3-8(10)13(11)16/h5-6H,2-4H2,1H3,(H,15,16). The number of benzene rings is 1. The smallest absolute Gasteiger partial charge is 0.195 e. The second-order valence-corrected chi connectivity index (χ2v) is 4.38. The minimum atomic E-state index is -0.420. The van der Waals surface area contributed by atoms with Gasteiger partial charge in [0.1, 0.15) is 5.82 Å². The molecule has 1 heterocycles. The van der Waals surface area contributed by atoms with Gasteiger partial charge in [-0.2, -0.15) is 0 Å². The molecule has 1 N–H and O–H groups in total. The highest BCUT2D eigenvalue weighted by atomic mass is 19.1. The number of aryl methyl sites for hydroxylation is 2. The Morgan fingerprint density at radius 3 is 2.94 bits per heavy atom. The zero-order valence-electron chi connectivity index (χ0n) is 9.06. The molecule has 2 aromatic rings. The van der Waals surface area contributed by atoms with Gasteiger partial charge in [0.15, 0.2) is 5.43 Å². The van der Waals surface area contributed by atoms with E-state index in [0.717, 1.165) is 36.1 Å². The van der Waals surface area contributed by atoms with Crippen molar-refractivity contribution in [3.05, 3.63) is 45.0 Å².